The van der Waals surface area contributed by atoms with E-state index in [4.69, 9.17) is 14.2 Å². The topological polar surface area (TPSA) is 78.9 Å². The van der Waals surface area contributed by atoms with E-state index in [-0.39, 0.29) is 50.4 Å². The van der Waals surface area contributed by atoms with Gasteiger partial charge in [0.05, 0.1) is 0 Å². The fourth-order valence-electron chi connectivity index (χ4n) is 5.45. The molecule has 0 N–H and O–H groups in total. The number of ether oxygens (including phenoxy) is 3. The van der Waals surface area contributed by atoms with E-state index < -0.39 is 6.10 Å². The summed E-state index contributed by atoms with van der Waals surface area (Å²) in [7, 11) is 0. The molecule has 0 saturated carbocycles. The summed E-state index contributed by atoms with van der Waals surface area (Å²) in [4.78, 5) is 37.6. The van der Waals surface area contributed by atoms with Crippen molar-refractivity contribution in [1.29, 1.82) is 0 Å². The molecule has 1 atom stereocenters. The van der Waals surface area contributed by atoms with E-state index in [0.717, 1.165) is 64.2 Å². The summed E-state index contributed by atoms with van der Waals surface area (Å²) in [6.45, 7) is 6.28. The molecular weight excluding hydrogens is 709 g/mol. The van der Waals surface area contributed by atoms with Crippen molar-refractivity contribution in [3.05, 3.63) is 109 Å². The summed E-state index contributed by atoms with van der Waals surface area (Å²) in [6, 6.07) is 0. The van der Waals surface area contributed by atoms with Crippen molar-refractivity contribution < 1.29 is 28.6 Å². The first kappa shape index (κ1) is 53.1. The highest BCUT2D eigenvalue weighted by Crippen LogP contribution is 2.10. The predicted molar refractivity (Wildman–Crippen MR) is 242 cm³/mol. The maximum atomic E-state index is 12.7. The van der Waals surface area contributed by atoms with Crippen LogP contribution in [0.4, 0.5) is 0 Å². The van der Waals surface area contributed by atoms with E-state index in [1.54, 1.807) is 0 Å². The Balaban J connectivity index is 4.56. The molecule has 0 spiro atoms. The van der Waals surface area contributed by atoms with Gasteiger partial charge in [-0.25, -0.2) is 0 Å². The third-order valence-electron chi connectivity index (χ3n) is 8.83. The Bertz CT molecular complexity index is 1230. The number of unbranched alkanes of at least 4 members (excludes halogenated alkanes) is 12. The standard InChI is InChI=1S/C51H80O6/c1-4-7-10-13-16-19-21-23-24-25-26-28-29-32-35-38-41-44-50(53)56-47-48(46-55-49(52)43-40-37-34-31-18-15-12-9-6-3)57-51(54)45-42-39-36-33-30-27-22-20-17-14-11-8-5-2/h8,11,14,16-17,19-20,22-24,26-28,30-32,34-35,48H,4-7,9-10,12-13,15,18,21,25,29,33,36-47H2,1-3H3/b11-8-,17-14-,19-16-,22-20-,24-23-,28-26-,30-27-,34-31-,35-32-. The van der Waals surface area contributed by atoms with E-state index in [0.29, 0.717) is 19.3 Å². The lowest BCUT2D eigenvalue weighted by Crippen LogP contribution is -2.30. The smallest absolute Gasteiger partial charge is 0.306 e. The highest BCUT2D eigenvalue weighted by atomic mass is 16.6. The van der Waals surface area contributed by atoms with Crippen molar-refractivity contribution >= 4 is 17.9 Å². The van der Waals surface area contributed by atoms with Gasteiger partial charge in [0.25, 0.3) is 0 Å². The van der Waals surface area contributed by atoms with Crippen molar-refractivity contribution in [3.63, 3.8) is 0 Å². The summed E-state index contributed by atoms with van der Waals surface area (Å²) >= 11 is 0. The first-order valence-electron chi connectivity index (χ1n) is 22.4. The Morgan fingerprint density at radius 3 is 1.30 bits per heavy atom. The number of carbonyl (C=O) groups excluding carboxylic acids is 3. The van der Waals surface area contributed by atoms with Crippen LogP contribution >= 0.6 is 0 Å². The summed E-state index contributed by atoms with van der Waals surface area (Å²) < 4.78 is 16.6. The van der Waals surface area contributed by atoms with Crippen LogP contribution in [0.5, 0.6) is 0 Å². The van der Waals surface area contributed by atoms with Gasteiger partial charge in [0.1, 0.15) is 13.2 Å². The molecule has 0 heterocycles. The lowest BCUT2D eigenvalue weighted by atomic mass is 10.1. The molecular formula is C51H80O6. The maximum Gasteiger partial charge on any atom is 0.306 e. The Hall–Kier alpha value is -3.93. The minimum Gasteiger partial charge on any atom is -0.462 e. The fourth-order valence-corrected chi connectivity index (χ4v) is 5.45. The molecule has 1 unspecified atom stereocenters. The van der Waals surface area contributed by atoms with Crippen LogP contribution in [0.15, 0.2) is 109 Å². The van der Waals surface area contributed by atoms with E-state index in [1.165, 1.54) is 51.4 Å². The Labute approximate surface area is 349 Å². The van der Waals surface area contributed by atoms with Gasteiger partial charge in [-0.15, -0.1) is 0 Å². The first-order valence-corrected chi connectivity index (χ1v) is 22.4. The van der Waals surface area contributed by atoms with Crippen molar-refractivity contribution in [1.82, 2.24) is 0 Å². The van der Waals surface area contributed by atoms with Crippen molar-refractivity contribution in [2.75, 3.05) is 13.2 Å². The number of hydrogen-bond donors (Lipinski definition) is 0. The zero-order valence-corrected chi connectivity index (χ0v) is 36.3. The largest absolute Gasteiger partial charge is 0.462 e. The van der Waals surface area contributed by atoms with Crippen molar-refractivity contribution in [3.8, 4) is 0 Å². The molecule has 0 aliphatic rings. The Kier molecular flexibility index (Phi) is 41.7. The van der Waals surface area contributed by atoms with Gasteiger partial charge in [-0.1, -0.05) is 169 Å². The normalized spacial score (nSPS) is 13.1. The zero-order chi connectivity index (χ0) is 41.5. The van der Waals surface area contributed by atoms with Crippen LogP contribution in [-0.4, -0.2) is 37.2 Å². The average Bonchev–Trinajstić information content (AvgIpc) is 3.21. The molecule has 0 radical (unpaired) electrons. The Morgan fingerprint density at radius 2 is 0.772 bits per heavy atom. The minimum atomic E-state index is -0.830. The molecule has 0 bridgehead atoms. The van der Waals surface area contributed by atoms with Gasteiger partial charge in [-0.3, -0.25) is 14.4 Å². The van der Waals surface area contributed by atoms with Gasteiger partial charge in [0.2, 0.25) is 0 Å². The number of rotatable bonds is 38. The second-order valence-corrected chi connectivity index (χ2v) is 14.3. The Morgan fingerprint density at radius 1 is 0.386 bits per heavy atom. The monoisotopic (exact) mass is 789 g/mol. The van der Waals surface area contributed by atoms with E-state index in [1.807, 2.05) is 36.5 Å². The molecule has 0 aromatic rings. The molecule has 0 aliphatic heterocycles. The van der Waals surface area contributed by atoms with Gasteiger partial charge < -0.3 is 14.2 Å². The lowest BCUT2D eigenvalue weighted by Gasteiger charge is -2.18. The number of carbonyl (C=O) groups is 3. The predicted octanol–water partition coefficient (Wildman–Crippen LogP) is 14.4. The SMILES string of the molecule is CC\C=C/C=C\C=C/C=C\CCCCCC(=O)OC(COC(=O)CCC/C=C\C/C=C\C/C=C\C/C=C\CCCCC)COC(=O)CCC/C=C\CCCCCC. The van der Waals surface area contributed by atoms with Crippen LogP contribution in [0, 0.1) is 0 Å². The highest BCUT2D eigenvalue weighted by molar-refractivity contribution is 5.71. The second-order valence-electron chi connectivity index (χ2n) is 14.3. The average molecular weight is 789 g/mol. The van der Waals surface area contributed by atoms with Crippen LogP contribution in [-0.2, 0) is 28.6 Å². The van der Waals surface area contributed by atoms with Crippen LogP contribution in [0.25, 0.3) is 0 Å². The molecule has 0 saturated heterocycles. The quantitative estimate of drug-likeness (QED) is 0.0204. The fraction of sp³-hybridized carbons (Fsp3) is 0.588. The van der Waals surface area contributed by atoms with E-state index in [9.17, 15) is 14.4 Å². The van der Waals surface area contributed by atoms with Gasteiger partial charge in [0.15, 0.2) is 6.10 Å². The molecule has 0 aromatic carbocycles. The van der Waals surface area contributed by atoms with Crippen molar-refractivity contribution in [2.45, 2.75) is 181 Å². The molecule has 0 aliphatic carbocycles. The van der Waals surface area contributed by atoms with Crippen molar-refractivity contribution in [2.24, 2.45) is 0 Å². The number of esters is 3. The lowest BCUT2D eigenvalue weighted by molar-refractivity contribution is -0.167. The number of allylic oxidation sites excluding steroid dienone is 18. The van der Waals surface area contributed by atoms with Gasteiger partial charge in [-0.05, 0) is 96.3 Å². The summed E-state index contributed by atoms with van der Waals surface area (Å²) in [5.41, 5.74) is 0. The number of hydrogen-bond acceptors (Lipinski definition) is 6. The van der Waals surface area contributed by atoms with Crippen LogP contribution in [0.3, 0.4) is 0 Å². The van der Waals surface area contributed by atoms with Gasteiger partial charge in [-0.2, -0.15) is 0 Å². The molecule has 0 fully saturated rings. The molecule has 320 valence electrons. The molecule has 0 aromatic heterocycles. The molecule has 0 amide bonds. The molecule has 0 rings (SSSR count). The maximum absolute atomic E-state index is 12.7. The second kappa shape index (κ2) is 44.8. The van der Waals surface area contributed by atoms with Crippen LogP contribution < -0.4 is 0 Å². The summed E-state index contributed by atoms with van der Waals surface area (Å²) in [6.07, 6.45) is 59.4. The van der Waals surface area contributed by atoms with E-state index >= 15 is 0 Å². The third kappa shape index (κ3) is 43.0. The highest BCUT2D eigenvalue weighted by Gasteiger charge is 2.19. The summed E-state index contributed by atoms with van der Waals surface area (Å²) in [5.74, 6) is -1.07. The van der Waals surface area contributed by atoms with Gasteiger partial charge in [0, 0.05) is 19.3 Å². The van der Waals surface area contributed by atoms with Crippen LogP contribution in [0.1, 0.15) is 175 Å². The van der Waals surface area contributed by atoms with Gasteiger partial charge >= 0.3 is 17.9 Å². The first-order chi connectivity index (χ1) is 28.0. The minimum absolute atomic E-state index is 0.129. The third-order valence-corrected chi connectivity index (χ3v) is 8.83. The molecule has 6 heteroatoms. The van der Waals surface area contributed by atoms with Crippen LogP contribution in [0.2, 0.25) is 0 Å². The zero-order valence-electron chi connectivity index (χ0n) is 36.3. The molecule has 6 nitrogen and oxygen atoms in total. The molecule has 57 heavy (non-hydrogen) atoms. The van der Waals surface area contributed by atoms with E-state index in [2.05, 4.69) is 93.7 Å². The summed E-state index contributed by atoms with van der Waals surface area (Å²) in [5, 5.41) is 0.